The van der Waals surface area contributed by atoms with Crippen LogP contribution >= 0.6 is 0 Å². The molecule has 27 heavy (non-hydrogen) atoms. The highest BCUT2D eigenvalue weighted by Gasteiger charge is 2.18. The third-order valence-corrected chi connectivity index (χ3v) is 4.59. The van der Waals surface area contributed by atoms with Crippen molar-refractivity contribution in [1.82, 2.24) is 0 Å². The van der Waals surface area contributed by atoms with Crippen molar-refractivity contribution in [3.63, 3.8) is 0 Å². The Bertz CT molecular complexity index is 587. The fourth-order valence-electron chi connectivity index (χ4n) is 3.00. The van der Waals surface area contributed by atoms with E-state index in [1.165, 1.54) is 19.1 Å². The van der Waals surface area contributed by atoms with Crippen LogP contribution in [-0.2, 0) is 20.7 Å². The molecular formula is C24H34O3. The molecule has 1 saturated carbocycles. The monoisotopic (exact) mass is 370 g/mol. The summed E-state index contributed by atoms with van der Waals surface area (Å²) in [7, 11) is 1.41. The fourth-order valence-corrected chi connectivity index (χ4v) is 3.00. The standard InChI is InChI=1S/C16H20O.C8H14O2/c17-16-12-11-15(13-16)10-6-2-5-9-14-7-3-1-4-8-14;1-3-4-5-6-7-8(9)10-2/h1,3-4,6-8,10,15H,2,5,9,11-13H2;3-4H,5-7H2,1-2H3/b10-6+;4-3-. The molecule has 1 aromatic rings. The average Bonchev–Trinajstić information content (AvgIpc) is 3.11. The number of Topliss-reactive ketones (excluding diaryl/α,β-unsaturated/α-hetero) is 1. The van der Waals surface area contributed by atoms with Crippen molar-refractivity contribution in [2.75, 3.05) is 7.11 Å². The molecule has 1 atom stereocenters. The number of unbranched alkanes of at least 4 members (excludes halogenated alkanes) is 2. The van der Waals surface area contributed by atoms with E-state index in [4.69, 9.17) is 0 Å². The molecule has 0 spiro atoms. The molecular weight excluding hydrogens is 336 g/mol. The zero-order valence-corrected chi connectivity index (χ0v) is 16.9. The number of carbonyl (C=O) groups excluding carboxylic acids is 2. The van der Waals surface area contributed by atoms with Gasteiger partial charge < -0.3 is 4.74 Å². The van der Waals surface area contributed by atoms with Crippen molar-refractivity contribution in [2.45, 2.75) is 64.7 Å². The van der Waals surface area contributed by atoms with Gasteiger partial charge in [-0.3, -0.25) is 9.59 Å². The Hall–Kier alpha value is -2.16. The molecule has 1 aliphatic carbocycles. The van der Waals surface area contributed by atoms with Crippen molar-refractivity contribution in [2.24, 2.45) is 5.92 Å². The van der Waals surface area contributed by atoms with Crippen LogP contribution in [0.2, 0.25) is 0 Å². The van der Waals surface area contributed by atoms with Gasteiger partial charge in [-0.15, -0.1) is 0 Å². The van der Waals surface area contributed by atoms with E-state index >= 15 is 0 Å². The lowest BCUT2D eigenvalue weighted by Gasteiger charge is -2.00. The largest absolute Gasteiger partial charge is 0.469 e. The summed E-state index contributed by atoms with van der Waals surface area (Å²) in [6.07, 6.45) is 17.0. The summed E-state index contributed by atoms with van der Waals surface area (Å²) in [4.78, 5) is 21.6. The summed E-state index contributed by atoms with van der Waals surface area (Å²) in [5, 5.41) is 0. The maximum Gasteiger partial charge on any atom is 0.305 e. The summed E-state index contributed by atoms with van der Waals surface area (Å²) in [5.41, 5.74) is 1.41. The van der Waals surface area contributed by atoms with Crippen LogP contribution in [0, 0.1) is 5.92 Å². The van der Waals surface area contributed by atoms with Gasteiger partial charge in [0.25, 0.3) is 0 Å². The van der Waals surface area contributed by atoms with Crippen LogP contribution in [0.15, 0.2) is 54.6 Å². The van der Waals surface area contributed by atoms with E-state index in [1.807, 2.05) is 19.1 Å². The third-order valence-electron chi connectivity index (χ3n) is 4.59. The Kier molecular flexibility index (Phi) is 12.7. The van der Waals surface area contributed by atoms with E-state index in [9.17, 15) is 9.59 Å². The molecule has 0 amide bonds. The molecule has 0 bridgehead atoms. The van der Waals surface area contributed by atoms with Crippen LogP contribution in [0.3, 0.4) is 0 Å². The van der Waals surface area contributed by atoms with Crippen molar-refractivity contribution in [3.8, 4) is 0 Å². The molecule has 3 nitrogen and oxygen atoms in total. The SMILES string of the molecule is C/C=C\CCCC(=O)OC.O=C1CCC(/C=C/CCCc2ccccc2)C1. The van der Waals surface area contributed by atoms with E-state index in [0.29, 0.717) is 18.1 Å². The molecule has 0 saturated heterocycles. The van der Waals surface area contributed by atoms with Gasteiger partial charge in [0.2, 0.25) is 0 Å². The summed E-state index contributed by atoms with van der Waals surface area (Å²) in [6.45, 7) is 1.97. The van der Waals surface area contributed by atoms with Crippen LogP contribution < -0.4 is 0 Å². The van der Waals surface area contributed by atoms with Crippen molar-refractivity contribution >= 4 is 11.8 Å². The van der Waals surface area contributed by atoms with Gasteiger partial charge in [-0.1, -0.05) is 54.6 Å². The van der Waals surface area contributed by atoms with Gasteiger partial charge in [0.05, 0.1) is 7.11 Å². The number of benzene rings is 1. The van der Waals surface area contributed by atoms with Gasteiger partial charge >= 0.3 is 5.97 Å². The van der Waals surface area contributed by atoms with Crippen LogP contribution in [0.25, 0.3) is 0 Å². The summed E-state index contributed by atoms with van der Waals surface area (Å²) >= 11 is 0. The Balaban J connectivity index is 0.000000314. The number of esters is 1. The average molecular weight is 371 g/mol. The summed E-state index contributed by atoms with van der Waals surface area (Å²) in [5.74, 6) is 0.840. The van der Waals surface area contributed by atoms with E-state index in [0.717, 1.165) is 44.9 Å². The van der Waals surface area contributed by atoms with E-state index in [-0.39, 0.29) is 5.97 Å². The van der Waals surface area contributed by atoms with Gasteiger partial charge in [-0.2, -0.15) is 0 Å². The second kappa shape index (κ2) is 15.0. The van der Waals surface area contributed by atoms with Crippen LogP contribution in [-0.4, -0.2) is 18.9 Å². The quantitative estimate of drug-likeness (QED) is 0.311. The molecule has 1 fully saturated rings. The molecule has 0 heterocycles. The van der Waals surface area contributed by atoms with Crippen molar-refractivity contribution in [3.05, 3.63) is 60.2 Å². The number of ketones is 1. The molecule has 1 aromatic carbocycles. The minimum Gasteiger partial charge on any atom is -0.469 e. The number of rotatable bonds is 9. The maximum absolute atomic E-state index is 11.1. The lowest BCUT2D eigenvalue weighted by atomic mass is 10.1. The zero-order chi connectivity index (χ0) is 19.7. The highest BCUT2D eigenvalue weighted by Crippen LogP contribution is 2.23. The van der Waals surface area contributed by atoms with Crippen LogP contribution in [0.5, 0.6) is 0 Å². The molecule has 0 aliphatic heterocycles. The molecule has 2 rings (SSSR count). The topological polar surface area (TPSA) is 43.4 Å². The van der Waals surface area contributed by atoms with E-state index < -0.39 is 0 Å². The Morgan fingerprint density at radius 1 is 1.15 bits per heavy atom. The summed E-state index contributed by atoms with van der Waals surface area (Å²) < 4.78 is 4.47. The van der Waals surface area contributed by atoms with Gasteiger partial charge in [0.1, 0.15) is 5.78 Å². The number of aryl methyl sites for hydroxylation is 1. The van der Waals surface area contributed by atoms with Crippen LogP contribution in [0.4, 0.5) is 0 Å². The number of methoxy groups -OCH3 is 1. The molecule has 1 aliphatic rings. The number of ether oxygens (including phenoxy) is 1. The lowest BCUT2D eigenvalue weighted by molar-refractivity contribution is -0.140. The molecule has 0 N–H and O–H groups in total. The fraction of sp³-hybridized carbons (Fsp3) is 0.500. The molecule has 3 heteroatoms. The van der Waals surface area contributed by atoms with Gasteiger partial charge in [0.15, 0.2) is 0 Å². The van der Waals surface area contributed by atoms with Crippen molar-refractivity contribution < 1.29 is 14.3 Å². The minimum atomic E-state index is -0.121. The number of allylic oxidation sites excluding steroid dienone is 4. The lowest BCUT2D eigenvalue weighted by Crippen LogP contribution is -1.98. The van der Waals surface area contributed by atoms with Gasteiger partial charge in [-0.25, -0.2) is 0 Å². The first kappa shape index (κ1) is 22.9. The Morgan fingerprint density at radius 3 is 2.52 bits per heavy atom. The predicted octanol–water partition coefficient (Wildman–Crippen LogP) is 5.84. The van der Waals surface area contributed by atoms with Crippen LogP contribution in [0.1, 0.15) is 63.9 Å². The van der Waals surface area contributed by atoms with Crippen molar-refractivity contribution in [1.29, 1.82) is 0 Å². The number of carbonyl (C=O) groups is 2. The smallest absolute Gasteiger partial charge is 0.305 e. The number of hydrogen-bond donors (Lipinski definition) is 0. The maximum atomic E-state index is 11.1. The third kappa shape index (κ3) is 12.0. The van der Waals surface area contributed by atoms with Gasteiger partial charge in [-0.05, 0) is 56.9 Å². The van der Waals surface area contributed by atoms with E-state index in [2.05, 4.69) is 47.2 Å². The molecule has 148 valence electrons. The second-order valence-electron chi connectivity index (χ2n) is 6.88. The molecule has 1 unspecified atom stereocenters. The first-order valence-corrected chi connectivity index (χ1v) is 10.1. The van der Waals surface area contributed by atoms with Gasteiger partial charge in [0, 0.05) is 19.3 Å². The molecule has 0 aromatic heterocycles. The zero-order valence-electron chi connectivity index (χ0n) is 16.9. The highest BCUT2D eigenvalue weighted by atomic mass is 16.5. The normalized spacial score (nSPS) is 16.5. The summed E-state index contributed by atoms with van der Waals surface area (Å²) in [6, 6.07) is 10.6. The number of hydrogen-bond acceptors (Lipinski definition) is 3. The Morgan fingerprint density at radius 2 is 1.89 bits per heavy atom. The minimum absolute atomic E-state index is 0.121. The molecule has 0 radical (unpaired) electrons. The Labute approximate surface area is 164 Å². The second-order valence-corrected chi connectivity index (χ2v) is 6.88. The first-order chi connectivity index (χ1) is 13.2. The predicted molar refractivity (Wildman–Crippen MR) is 112 cm³/mol. The first-order valence-electron chi connectivity index (χ1n) is 10.1. The highest BCUT2D eigenvalue weighted by molar-refractivity contribution is 5.80. The van der Waals surface area contributed by atoms with E-state index in [1.54, 1.807) is 0 Å².